The predicted molar refractivity (Wildman–Crippen MR) is 149 cm³/mol. The number of carbonyl (C=O) groups is 2. The quantitative estimate of drug-likeness (QED) is 0.403. The Morgan fingerprint density at radius 1 is 1.23 bits per heavy atom. The number of sulfonamides is 1. The lowest BCUT2D eigenvalue weighted by Crippen LogP contribution is -2.50. The molecular formula is C28H35N5O6S. The fraction of sp³-hybridized carbons (Fsp3) is 0.393. The smallest absolute Gasteiger partial charge is 0.261 e. The summed E-state index contributed by atoms with van der Waals surface area (Å²) in [5.41, 5.74) is 1.34. The van der Waals surface area contributed by atoms with Crippen LogP contribution in [0.1, 0.15) is 29.8 Å². The van der Waals surface area contributed by atoms with E-state index in [0.717, 1.165) is 5.56 Å². The van der Waals surface area contributed by atoms with E-state index < -0.39 is 22.2 Å². The number of para-hydroxylation sites is 1. The number of aromatic nitrogens is 2. The zero-order valence-corrected chi connectivity index (χ0v) is 23.8. The molecule has 3 atom stereocenters. The van der Waals surface area contributed by atoms with Gasteiger partial charge in [0.1, 0.15) is 6.10 Å². The maximum atomic E-state index is 13.6. The van der Waals surface area contributed by atoms with Gasteiger partial charge in [0.15, 0.2) is 10.8 Å². The molecule has 2 heterocycles. The van der Waals surface area contributed by atoms with E-state index in [9.17, 15) is 23.1 Å². The number of rotatable bonds is 9. The van der Waals surface area contributed by atoms with E-state index in [4.69, 9.17) is 4.74 Å². The molecule has 0 fully saturated rings. The Labute approximate surface area is 234 Å². The molecule has 40 heavy (non-hydrogen) atoms. The number of aryl methyl sites for hydroxylation is 1. The van der Waals surface area contributed by atoms with Crippen molar-refractivity contribution in [1.82, 2.24) is 18.8 Å². The molecule has 4 rings (SSSR count). The molecule has 1 aliphatic rings. The number of fused-ring (bicyclic) bond motifs is 1. The number of carbonyl (C=O) groups excluding carboxylic acids is 2. The lowest BCUT2D eigenvalue weighted by molar-refractivity contribution is -0.115. The van der Waals surface area contributed by atoms with E-state index in [1.54, 1.807) is 41.6 Å². The molecule has 1 aromatic heterocycles. The summed E-state index contributed by atoms with van der Waals surface area (Å²) in [6, 6.07) is 13.7. The number of likely N-dealkylation sites (N-methyl/N-ethyl adjacent to an activating group) is 1. The Kier molecular flexibility index (Phi) is 8.92. The third-order valence-electron chi connectivity index (χ3n) is 6.97. The van der Waals surface area contributed by atoms with E-state index in [1.165, 1.54) is 23.9 Å². The van der Waals surface area contributed by atoms with Crippen molar-refractivity contribution < 1.29 is 27.9 Å². The highest BCUT2D eigenvalue weighted by molar-refractivity contribution is 7.89. The highest BCUT2D eigenvalue weighted by atomic mass is 32.2. The normalized spacial score (nSPS) is 18.4. The van der Waals surface area contributed by atoms with Gasteiger partial charge in [0.05, 0.1) is 43.2 Å². The number of benzene rings is 2. The number of aliphatic hydroxyl groups excluding tert-OH is 1. The molecule has 0 radical (unpaired) electrons. The summed E-state index contributed by atoms with van der Waals surface area (Å²) in [5.74, 6) is -0.821. The van der Waals surface area contributed by atoms with E-state index >= 15 is 0 Å². The van der Waals surface area contributed by atoms with Crippen LogP contribution in [0.4, 0.5) is 5.69 Å². The lowest BCUT2D eigenvalue weighted by Gasteiger charge is -2.38. The highest BCUT2D eigenvalue weighted by Crippen LogP contribution is 2.35. The van der Waals surface area contributed by atoms with Crippen LogP contribution in [0.25, 0.3) is 0 Å². The number of ether oxygens (including phenoxy) is 1. The Morgan fingerprint density at radius 2 is 1.95 bits per heavy atom. The molecule has 2 N–H and O–H groups in total. The molecule has 3 aromatic rings. The Bertz CT molecular complexity index is 1460. The van der Waals surface area contributed by atoms with Crippen LogP contribution in [0, 0.1) is 5.92 Å². The van der Waals surface area contributed by atoms with Gasteiger partial charge in [-0.25, -0.2) is 13.4 Å². The van der Waals surface area contributed by atoms with Crippen LogP contribution in [0.2, 0.25) is 0 Å². The fourth-order valence-corrected chi connectivity index (χ4v) is 5.71. The summed E-state index contributed by atoms with van der Waals surface area (Å²) >= 11 is 0. The standard InChI is InChI=1S/C28H35N5O6S/c1-19-14-33(20(2)17-34)28(36)22-11-8-12-23(30-25(35)13-21-9-6-5-7-10-21)27(22)39-24(19)15-32(4)40(37,38)26-16-31(3)18-29-26/h5-12,16,18-20,24,34H,13-15,17H2,1-4H3,(H,30,35)/t19-,20+,24+/m0/s1. The molecule has 0 unspecified atom stereocenters. The average Bonchev–Trinajstić information content (AvgIpc) is 3.38. The first-order chi connectivity index (χ1) is 19.0. The van der Waals surface area contributed by atoms with Crippen LogP contribution in [0.15, 0.2) is 66.1 Å². The van der Waals surface area contributed by atoms with Crippen LogP contribution < -0.4 is 10.1 Å². The average molecular weight is 570 g/mol. The summed E-state index contributed by atoms with van der Waals surface area (Å²) < 4.78 is 35.6. The second kappa shape index (κ2) is 12.2. The van der Waals surface area contributed by atoms with Crippen LogP contribution >= 0.6 is 0 Å². The first kappa shape index (κ1) is 29.2. The molecule has 2 amide bonds. The first-order valence-corrected chi connectivity index (χ1v) is 14.4. The summed E-state index contributed by atoms with van der Waals surface area (Å²) in [6.07, 6.45) is 2.26. The Morgan fingerprint density at radius 3 is 2.60 bits per heavy atom. The summed E-state index contributed by atoms with van der Waals surface area (Å²) in [7, 11) is -0.781. The molecule has 1 aliphatic heterocycles. The number of nitrogens with one attached hydrogen (secondary N) is 1. The van der Waals surface area contributed by atoms with Crippen molar-refractivity contribution in [2.45, 2.75) is 37.4 Å². The molecule has 2 aromatic carbocycles. The van der Waals surface area contributed by atoms with Crippen molar-refractivity contribution in [2.24, 2.45) is 13.0 Å². The molecule has 214 valence electrons. The molecule has 0 aliphatic carbocycles. The number of amides is 2. The fourth-order valence-electron chi connectivity index (χ4n) is 4.57. The van der Waals surface area contributed by atoms with Crippen molar-refractivity contribution in [1.29, 1.82) is 0 Å². The number of hydrogen-bond donors (Lipinski definition) is 2. The third kappa shape index (κ3) is 6.35. The number of imidazole rings is 1. The van der Waals surface area contributed by atoms with Crippen LogP contribution in [-0.2, 0) is 28.3 Å². The van der Waals surface area contributed by atoms with Gasteiger partial charge < -0.3 is 24.6 Å². The van der Waals surface area contributed by atoms with Crippen molar-refractivity contribution >= 4 is 27.5 Å². The summed E-state index contributed by atoms with van der Waals surface area (Å²) in [6.45, 7) is 3.54. The largest absolute Gasteiger partial charge is 0.486 e. The number of aliphatic hydroxyl groups is 1. The van der Waals surface area contributed by atoms with Gasteiger partial charge >= 0.3 is 0 Å². The van der Waals surface area contributed by atoms with Crippen LogP contribution in [0.5, 0.6) is 5.75 Å². The monoisotopic (exact) mass is 569 g/mol. The zero-order chi connectivity index (χ0) is 29.0. The number of hydrogen-bond acceptors (Lipinski definition) is 7. The molecule has 0 bridgehead atoms. The van der Waals surface area contributed by atoms with Crippen LogP contribution in [-0.4, -0.2) is 83.0 Å². The second-order valence-corrected chi connectivity index (χ2v) is 12.2. The third-order valence-corrected chi connectivity index (χ3v) is 8.67. The van der Waals surface area contributed by atoms with E-state index in [-0.39, 0.29) is 60.2 Å². The zero-order valence-electron chi connectivity index (χ0n) is 23.0. The Hall–Kier alpha value is -3.74. The summed E-state index contributed by atoms with van der Waals surface area (Å²) in [5, 5.41) is 12.7. The van der Waals surface area contributed by atoms with Gasteiger partial charge in [-0.15, -0.1) is 0 Å². The maximum absolute atomic E-state index is 13.6. The van der Waals surface area contributed by atoms with E-state index in [0.29, 0.717) is 5.69 Å². The topological polar surface area (TPSA) is 134 Å². The molecular weight excluding hydrogens is 534 g/mol. The van der Waals surface area contributed by atoms with Gasteiger partial charge in [0.2, 0.25) is 5.91 Å². The van der Waals surface area contributed by atoms with Crippen molar-refractivity contribution in [3.8, 4) is 5.75 Å². The molecule has 0 saturated carbocycles. The minimum Gasteiger partial charge on any atom is -0.486 e. The molecule has 0 saturated heterocycles. The van der Waals surface area contributed by atoms with Crippen molar-refractivity contribution in [3.05, 3.63) is 72.2 Å². The van der Waals surface area contributed by atoms with Crippen LogP contribution in [0.3, 0.4) is 0 Å². The van der Waals surface area contributed by atoms with Gasteiger partial charge in [-0.05, 0) is 24.6 Å². The molecule has 11 nitrogen and oxygen atoms in total. The number of nitrogens with zero attached hydrogens (tertiary/aromatic N) is 4. The van der Waals surface area contributed by atoms with Gasteiger partial charge in [-0.3, -0.25) is 9.59 Å². The van der Waals surface area contributed by atoms with Gasteiger partial charge in [-0.2, -0.15) is 4.31 Å². The van der Waals surface area contributed by atoms with Crippen molar-refractivity contribution in [2.75, 3.05) is 32.1 Å². The predicted octanol–water partition coefficient (Wildman–Crippen LogP) is 2.14. The summed E-state index contributed by atoms with van der Waals surface area (Å²) in [4.78, 5) is 32.1. The second-order valence-electron chi connectivity index (χ2n) is 10.2. The van der Waals surface area contributed by atoms with Gasteiger partial charge in [0, 0.05) is 32.8 Å². The lowest BCUT2D eigenvalue weighted by atomic mass is 9.99. The maximum Gasteiger partial charge on any atom is 0.261 e. The minimum atomic E-state index is -3.92. The Balaban J connectivity index is 1.69. The van der Waals surface area contributed by atoms with Gasteiger partial charge in [-0.1, -0.05) is 43.3 Å². The first-order valence-electron chi connectivity index (χ1n) is 13.0. The minimum absolute atomic E-state index is 0.0403. The van der Waals surface area contributed by atoms with E-state index in [1.807, 2.05) is 37.3 Å². The van der Waals surface area contributed by atoms with E-state index in [2.05, 4.69) is 10.3 Å². The van der Waals surface area contributed by atoms with Gasteiger partial charge in [0.25, 0.3) is 15.9 Å². The molecule has 12 heteroatoms. The molecule has 0 spiro atoms. The van der Waals surface area contributed by atoms with Crippen molar-refractivity contribution in [3.63, 3.8) is 0 Å². The SMILES string of the molecule is C[C@H](CO)N1C[C@H](C)[C@@H](CN(C)S(=O)(=O)c2cn(C)cn2)Oc2c(NC(=O)Cc3ccccc3)cccc2C1=O. The highest BCUT2D eigenvalue weighted by Gasteiger charge is 2.36. The number of anilines is 1.